The molecular weight excluding hydrogens is 432 g/mol. The minimum atomic E-state index is -0.335. The van der Waals surface area contributed by atoms with E-state index in [0.717, 1.165) is 38.2 Å². The fourth-order valence-electron chi connectivity index (χ4n) is 2.90. The van der Waals surface area contributed by atoms with Crippen LogP contribution in [0.25, 0.3) is 15.5 Å². The minimum absolute atomic E-state index is 0.127. The van der Waals surface area contributed by atoms with Crippen molar-refractivity contribution in [1.82, 2.24) is 25.1 Å². The number of para-hydroxylation sites is 1. The van der Waals surface area contributed by atoms with Crippen LogP contribution in [0.5, 0.6) is 5.75 Å². The zero-order valence-electron chi connectivity index (χ0n) is 17.2. The summed E-state index contributed by atoms with van der Waals surface area (Å²) < 4.78 is 7.28. The van der Waals surface area contributed by atoms with Gasteiger partial charge in [-0.05, 0) is 56.2 Å². The molecule has 1 amide bonds. The summed E-state index contributed by atoms with van der Waals surface area (Å²) in [6, 6.07) is 13.4. The largest absolute Gasteiger partial charge is 0.483 e. The van der Waals surface area contributed by atoms with Crippen LogP contribution in [0, 0.1) is 20.8 Å². The topological polar surface area (TPSA) is 93.4 Å². The molecule has 8 nitrogen and oxygen atoms in total. The van der Waals surface area contributed by atoms with E-state index in [9.17, 15) is 4.79 Å². The number of nitrogens with one attached hydrogen (secondary N) is 2. The Hall–Kier alpha value is -3.37. The van der Waals surface area contributed by atoms with E-state index in [4.69, 9.17) is 17.0 Å². The number of rotatable bonds is 5. The number of fused-ring (bicyclic) bond motifs is 1. The fourth-order valence-corrected chi connectivity index (χ4v) is 4.00. The van der Waals surface area contributed by atoms with Gasteiger partial charge in [-0.15, -0.1) is 10.2 Å². The standard InChI is InChI=1S/C21H20N6O2S2/c1-12-8-9-15(19-26-27-14(3)24-25-21(27)31-19)10-16(12)22-20(30)23-18(28)11-29-17-7-5-4-6-13(17)2/h4-10H,11H2,1-3H3,(H2,22,23,28,30). The van der Waals surface area contributed by atoms with Gasteiger partial charge in [0.05, 0.1) is 0 Å². The third-order valence-corrected chi connectivity index (χ3v) is 5.74. The molecule has 0 fully saturated rings. The van der Waals surface area contributed by atoms with Gasteiger partial charge in [0.1, 0.15) is 10.8 Å². The maximum atomic E-state index is 12.2. The second-order valence-electron chi connectivity index (χ2n) is 6.93. The van der Waals surface area contributed by atoms with Crippen molar-refractivity contribution in [2.75, 3.05) is 11.9 Å². The highest BCUT2D eigenvalue weighted by molar-refractivity contribution is 7.80. The number of hydrogen-bond acceptors (Lipinski definition) is 7. The summed E-state index contributed by atoms with van der Waals surface area (Å²) >= 11 is 6.76. The summed E-state index contributed by atoms with van der Waals surface area (Å²) in [7, 11) is 0. The number of aromatic nitrogens is 4. The van der Waals surface area contributed by atoms with Crippen LogP contribution >= 0.6 is 23.6 Å². The van der Waals surface area contributed by atoms with Crippen LogP contribution in [0.15, 0.2) is 42.5 Å². The highest BCUT2D eigenvalue weighted by Gasteiger charge is 2.13. The fraction of sp³-hybridized carbons (Fsp3) is 0.190. The number of thiocarbonyl (C=S) groups is 1. The molecule has 0 radical (unpaired) electrons. The molecule has 4 aromatic rings. The molecule has 0 aliphatic carbocycles. The molecule has 0 aliphatic heterocycles. The summed E-state index contributed by atoms with van der Waals surface area (Å²) in [4.78, 5) is 13.0. The molecule has 0 saturated carbocycles. The maximum Gasteiger partial charge on any atom is 0.264 e. The zero-order valence-corrected chi connectivity index (χ0v) is 18.8. The Labute approximate surface area is 188 Å². The molecule has 158 valence electrons. The summed E-state index contributed by atoms with van der Waals surface area (Å²) in [5.41, 5.74) is 3.64. The van der Waals surface area contributed by atoms with Crippen molar-refractivity contribution in [2.45, 2.75) is 20.8 Å². The number of anilines is 1. The minimum Gasteiger partial charge on any atom is -0.483 e. The zero-order chi connectivity index (χ0) is 22.0. The molecule has 2 aromatic heterocycles. The summed E-state index contributed by atoms with van der Waals surface area (Å²) in [6.07, 6.45) is 0. The van der Waals surface area contributed by atoms with Crippen molar-refractivity contribution in [3.8, 4) is 16.3 Å². The van der Waals surface area contributed by atoms with Gasteiger partial charge in [-0.2, -0.15) is 9.61 Å². The quantitative estimate of drug-likeness (QED) is 0.446. The average molecular weight is 453 g/mol. The van der Waals surface area contributed by atoms with Gasteiger partial charge < -0.3 is 10.1 Å². The molecule has 10 heteroatoms. The molecule has 2 heterocycles. The Morgan fingerprint density at radius 3 is 2.71 bits per heavy atom. The van der Waals surface area contributed by atoms with E-state index in [1.807, 2.05) is 63.2 Å². The van der Waals surface area contributed by atoms with E-state index in [0.29, 0.717) is 5.75 Å². The molecule has 0 unspecified atom stereocenters. The Balaban J connectivity index is 1.41. The van der Waals surface area contributed by atoms with Gasteiger partial charge >= 0.3 is 0 Å². The second-order valence-corrected chi connectivity index (χ2v) is 8.30. The Morgan fingerprint density at radius 2 is 1.94 bits per heavy atom. The predicted molar refractivity (Wildman–Crippen MR) is 125 cm³/mol. The summed E-state index contributed by atoms with van der Waals surface area (Å²) in [6.45, 7) is 5.61. The molecule has 0 bridgehead atoms. The highest BCUT2D eigenvalue weighted by atomic mass is 32.1. The smallest absolute Gasteiger partial charge is 0.264 e. The number of nitrogens with zero attached hydrogens (tertiary/aromatic N) is 4. The van der Waals surface area contributed by atoms with Crippen molar-refractivity contribution in [3.63, 3.8) is 0 Å². The molecule has 0 atom stereocenters. The van der Waals surface area contributed by atoms with Gasteiger partial charge in [0, 0.05) is 11.3 Å². The van der Waals surface area contributed by atoms with Crippen molar-refractivity contribution in [1.29, 1.82) is 0 Å². The number of hydrogen-bond donors (Lipinski definition) is 2. The second kappa shape index (κ2) is 8.78. The first kappa shape index (κ1) is 20.9. The van der Waals surface area contributed by atoms with Crippen LogP contribution in [0.3, 0.4) is 0 Å². The molecule has 2 N–H and O–H groups in total. The van der Waals surface area contributed by atoms with Crippen LogP contribution in [0.2, 0.25) is 0 Å². The highest BCUT2D eigenvalue weighted by Crippen LogP contribution is 2.29. The van der Waals surface area contributed by atoms with E-state index < -0.39 is 0 Å². The van der Waals surface area contributed by atoms with Crippen molar-refractivity contribution < 1.29 is 9.53 Å². The van der Waals surface area contributed by atoms with E-state index in [1.54, 1.807) is 4.52 Å². The summed E-state index contributed by atoms with van der Waals surface area (Å²) in [5, 5.41) is 19.4. The lowest BCUT2D eigenvalue weighted by molar-refractivity contribution is -0.121. The third-order valence-electron chi connectivity index (χ3n) is 4.58. The van der Waals surface area contributed by atoms with Crippen molar-refractivity contribution in [2.24, 2.45) is 0 Å². The van der Waals surface area contributed by atoms with E-state index in [1.165, 1.54) is 11.3 Å². The van der Waals surface area contributed by atoms with Gasteiger partial charge in [-0.3, -0.25) is 10.1 Å². The summed E-state index contributed by atoms with van der Waals surface area (Å²) in [5.74, 6) is 1.07. The molecule has 0 aliphatic rings. The van der Waals surface area contributed by atoms with E-state index in [-0.39, 0.29) is 17.6 Å². The van der Waals surface area contributed by atoms with Gasteiger partial charge in [0.25, 0.3) is 5.91 Å². The van der Waals surface area contributed by atoms with Crippen LogP contribution in [-0.4, -0.2) is 37.4 Å². The van der Waals surface area contributed by atoms with E-state index >= 15 is 0 Å². The lowest BCUT2D eigenvalue weighted by Gasteiger charge is -2.13. The Morgan fingerprint density at radius 1 is 1.13 bits per heavy atom. The molecule has 4 rings (SSSR count). The van der Waals surface area contributed by atoms with Crippen molar-refractivity contribution >= 4 is 45.2 Å². The van der Waals surface area contributed by atoms with Crippen molar-refractivity contribution in [3.05, 3.63) is 59.4 Å². The Bertz CT molecular complexity index is 1280. The van der Waals surface area contributed by atoms with Gasteiger partial charge in [-0.1, -0.05) is 41.7 Å². The van der Waals surface area contributed by atoms with Crippen LogP contribution in [0.4, 0.5) is 5.69 Å². The number of benzene rings is 2. The first-order valence-corrected chi connectivity index (χ1v) is 10.7. The molecule has 31 heavy (non-hydrogen) atoms. The molecular formula is C21H20N6O2S2. The average Bonchev–Trinajstić information content (AvgIpc) is 3.31. The lowest BCUT2D eigenvalue weighted by atomic mass is 10.1. The third kappa shape index (κ3) is 4.70. The molecule has 0 saturated heterocycles. The van der Waals surface area contributed by atoms with Crippen LogP contribution < -0.4 is 15.4 Å². The monoisotopic (exact) mass is 452 g/mol. The normalized spacial score (nSPS) is 10.8. The van der Waals surface area contributed by atoms with Gasteiger partial charge in [0.2, 0.25) is 4.96 Å². The van der Waals surface area contributed by atoms with Crippen LogP contribution in [0.1, 0.15) is 17.0 Å². The number of ether oxygens (including phenoxy) is 1. The lowest BCUT2D eigenvalue weighted by Crippen LogP contribution is -2.37. The number of aryl methyl sites for hydroxylation is 3. The van der Waals surface area contributed by atoms with Gasteiger partial charge in [0.15, 0.2) is 17.5 Å². The first-order valence-electron chi connectivity index (χ1n) is 9.50. The first-order chi connectivity index (χ1) is 14.9. The molecule has 0 spiro atoms. The predicted octanol–water partition coefficient (Wildman–Crippen LogP) is 3.67. The number of carbonyl (C=O) groups is 1. The van der Waals surface area contributed by atoms with Crippen LogP contribution in [-0.2, 0) is 4.79 Å². The van der Waals surface area contributed by atoms with E-state index in [2.05, 4.69) is 25.9 Å². The number of carbonyl (C=O) groups excluding carboxylic acids is 1. The maximum absolute atomic E-state index is 12.2. The van der Waals surface area contributed by atoms with Gasteiger partial charge in [-0.25, -0.2) is 0 Å². The SMILES string of the molecule is Cc1ccc(-c2nn3c(C)nnc3s2)cc1NC(=S)NC(=O)COc1ccccc1C. The number of amides is 1. The molecule has 2 aromatic carbocycles. The Kier molecular flexibility index (Phi) is 5.92.